The first-order valence-electron chi connectivity index (χ1n) is 5.82. The van der Waals surface area contributed by atoms with Crippen LogP contribution in [0.3, 0.4) is 0 Å². The van der Waals surface area contributed by atoms with E-state index in [1.807, 2.05) is 6.07 Å². The van der Waals surface area contributed by atoms with Crippen LogP contribution < -0.4 is 10.6 Å². The molecule has 5 nitrogen and oxygen atoms in total. The van der Waals surface area contributed by atoms with Crippen LogP contribution in [-0.4, -0.2) is 32.7 Å². The van der Waals surface area contributed by atoms with Crippen molar-refractivity contribution in [3.05, 3.63) is 35.1 Å². The molecule has 19 heavy (non-hydrogen) atoms. The topological polar surface area (TPSA) is 74.2 Å². The molecule has 102 valence electrons. The van der Waals surface area contributed by atoms with Gasteiger partial charge in [-0.25, -0.2) is 4.39 Å². The number of nitrogens with zero attached hydrogens (tertiary/aromatic N) is 1. The summed E-state index contributed by atoms with van der Waals surface area (Å²) in [5, 5.41) is 14.1. The Morgan fingerprint density at radius 1 is 1.53 bits per heavy atom. The van der Waals surface area contributed by atoms with Gasteiger partial charge in [-0.05, 0) is 12.1 Å². The van der Waals surface area contributed by atoms with E-state index in [0.717, 1.165) is 0 Å². The van der Waals surface area contributed by atoms with Crippen LogP contribution in [0.5, 0.6) is 0 Å². The van der Waals surface area contributed by atoms with E-state index in [1.54, 1.807) is 13.2 Å². The third kappa shape index (κ3) is 5.46. The molecule has 0 heterocycles. The van der Waals surface area contributed by atoms with E-state index in [-0.39, 0.29) is 24.6 Å². The first kappa shape index (κ1) is 15.1. The fraction of sp³-hybridized carbons (Fsp3) is 0.385. The molecule has 6 heteroatoms. The largest absolute Gasteiger partial charge is 0.383 e. The molecule has 0 saturated heterocycles. The van der Waals surface area contributed by atoms with Crippen molar-refractivity contribution in [1.82, 2.24) is 10.6 Å². The van der Waals surface area contributed by atoms with Gasteiger partial charge >= 0.3 is 0 Å². The second-order valence-corrected chi connectivity index (χ2v) is 3.86. The number of nitriles is 1. The number of amides is 1. The summed E-state index contributed by atoms with van der Waals surface area (Å²) in [6.45, 7) is 1.23. The third-order valence-electron chi connectivity index (χ3n) is 2.41. The van der Waals surface area contributed by atoms with E-state index in [1.165, 1.54) is 12.1 Å². The van der Waals surface area contributed by atoms with Gasteiger partial charge in [-0.2, -0.15) is 5.26 Å². The van der Waals surface area contributed by atoms with Crippen LogP contribution in [0.15, 0.2) is 18.2 Å². The lowest BCUT2D eigenvalue weighted by Gasteiger charge is -2.07. The molecule has 2 N–H and O–H groups in total. The summed E-state index contributed by atoms with van der Waals surface area (Å²) >= 11 is 0. The second-order valence-electron chi connectivity index (χ2n) is 3.86. The van der Waals surface area contributed by atoms with E-state index >= 15 is 0 Å². The monoisotopic (exact) mass is 265 g/mol. The molecule has 0 atom stereocenters. The number of hydrogen-bond acceptors (Lipinski definition) is 4. The Labute approximate surface area is 111 Å². The smallest absolute Gasteiger partial charge is 0.234 e. The standard InChI is InChI=1S/C13H16FN3O2/c1-19-5-4-17-13(18)9-16-8-11-3-2-10(7-15)6-12(11)14/h2-3,6,16H,4-5,8-9H2,1H3,(H,17,18). The number of halogens is 1. The molecule has 1 amide bonds. The quantitative estimate of drug-likeness (QED) is 0.706. The maximum absolute atomic E-state index is 13.5. The van der Waals surface area contributed by atoms with Crippen LogP contribution in [0.2, 0.25) is 0 Å². The summed E-state index contributed by atoms with van der Waals surface area (Å²) in [4.78, 5) is 11.3. The molecular formula is C13H16FN3O2. The summed E-state index contributed by atoms with van der Waals surface area (Å²) in [7, 11) is 1.55. The van der Waals surface area contributed by atoms with Gasteiger partial charge in [0.1, 0.15) is 5.82 Å². The first-order chi connectivity index (χ1) is 9.17. The Kier molecular flexibility index (Phi) is 6.50. The Morgan fingerprint density at radius 2 is 2.32 bits per heavy atom. The SMILES string of the molecule is COCCNC(=O)CNCc1ccc(C#N)cc1F. The van der Waals surface area contributed by atoms with Crippen LogP contribution in [-0.2, 0) is 16.1 Å². The average molecular weight is 265 g/mol. The summed E-state index contributed by atoms with van der Waals surface area (Å²) < 4.78 is 18.3. The lowest BCUT2D eigenvalue weighted by Crippen LogP contribution is -2.35. The highest BCUT2D eigenvalue weighted by Crippen LogP contribution is 2.09. The van der Waals surface area contributed by atoms with Crippen LogP contribution in [0, 0.1) is 17.1 Å². The van der Waals surface area contributed by atoms with E-state index in [2.05, 4.69) is 10.6 Å². The normalized spacial score (nSPS) is 9.95. The molecule has 0 fully saturated rings. The highest BCUT2D eigenvalue weighted by molar-refractivity contribution is 5.77. The van der Waals surface area contributed by atoms with E-state index < -0.39 is 5.82 Å². The summed E-state index contributed by atoms with van der Waals surface area (Å²) in [5.74, 6) is -0.627. The minimum absolute atomic E-state index is 0.100. The van der Waals surface area contributed by atoms with Gasteiger partial charge in [0.25, 0.3) is 0 Å². The maximum atomic E-state index is 13.5. The molecular weight excluding hydrogens is 249 g/mol. The van der Waals surface area contributed by atoms with Crippen LogP contribution in [0.4, 0.5) is 4.39 Å². The lowest BCUT2D eigenvalue weighted by atomic mass is 10.1. The van der Waals surface area contributed by atoms with Crippen molar-refractivity contribution in [2.24, 2.45) is 0 Å². The number of rotatable bonds is 7. The van der Waals surface area contributed by atoms with Crippen molar-refractivity contribution >= 4 is 5.91 Å². The Morgan fingerprint density at radius 3 is 2.95 bits per heavy atom. The number of nitrogens with one attached hydrogen (secondary N) is 2. The molecule has 0 aliphatic heterocycles. The Hall–Kier alpha value is -1.97. The molecule has 1 aromatic carbocycles. The fourth-order valence-corrected chi connectivity index (χ4v) is 1.43. The molecule has 0 aliphatic carbocycles. The van der Waals surface area contributed by atoms with Crippen molar-refractivity contribution in [3.8, 4) is 6.07 Å². The zero-order chi connectivity index (χ0) is 14.1. The predicted octanol–water partition coefficient (Wildman–Crippen LogP) is 0.550. The molecule has 1 aromatic rings. The van der Waals surface area contributed by atoms with Gasteiger partial charge in [0.15, 0.2) is 0 Å². The third-order valence-corrected chi connectivity index (χ3v) is 2.41. The summed E-state index contributed by atoms with van der Waals surface area (Å²) in [6.07, 6.45) is 0. The molecule has 0 aliphatic rings. The van der Waals surface area contributed by atoms with Gasteiger partial charge in [0.05, 0.1) is 24.8 Å². The minimum Gasteiger partial charge on any atom is -0.383 e. The van der Waals surface area contributed by atoms with Gasteiger partial charge < -0.3 is 15.4 Å². The molecule has 0 aromatic heterocycles. The highest BCUT2D eigenvalue weighted by Gasteiger charge is 2.04. The fourth-order valence-electron chi connectivity index (χ4n) is 1.43. The number of methoxy groups -OCH3 is 1. The first-order valence-corrected chi connectivity index (χ1v) is 5.82. The van der Waals surface area contributed by atoms with Gasteiger partial charge in [-0.1, -0.05) is 6.07 Å². The van der Waals surface area contributed by atoms with Crippen molar-refractivity contribution in [1.29, 1.82) is 5.26 Å². The number of carbonyl (C=O) groups excluding carboxylic acids is 1. The van der Waals surface area contributed by atoms with Crippen molar-refractivity contribution in [2.75, 3.05) is 26.8 Å². The number of ether oxygens (including phenoxy) is 1. The van der Waals surface area contributed by atoms with Crippen LogP contribution >= 0.6 is 0 Å². The molecule has 0 saturated carbocycles. The van der Waals surface area contributed by atoms with Crippen molar-refractivity contribution in [2.45, 2.75) is 6.54 Å². The van der Waals surface area contributed by atoms with Gasteiger partial charge in [-0.15, -0.1) is 0 Å². The van der Waals surface area contributed by atoms with Gasteiger partial charge in [0, 0.05) is 25.8 Å². The molecule has 1 rings (SSSR count). The van der Waals surface area contributed by atoms with E-state index in [0.29, 0.717) is 18.7 Å². The molecule has 0 spiro atoms. The van der Waals surface area contributed by atoms with Gasteiger partial charge in [0.2, 0.25) is 5.91 Å². The average Bonchev–Trinajstić information content (AvgIpc) is 2.41. The Balaban J connectivity index is 2.33. The lowest BCUT2D eigenvalue weighted by molar-refractivity contribution is -0.120. The molecule has 0 unspecified atom stereocenters. The Bertz CT molecular complexity index is 471. The van der Waals surface area contributed by atoms with E-state index in [4.69, 9.17) is 10.00 Å². The second kappa shape index (κ2) is 8.19. The predicted molar refractivity (Wildman–Crippen MR) is 67.7 cm³/mol. The zero-order valence-electron chi connectivity index (χ0n) is 10.7. The molecule has 0 radical (unpaired) electrons. The summed E-state index contributed by atoms with van der Waals surface area (Å²) in [5.41, 5.74) is 0.697. The zero-order valence-corrected chi connectivity index (χ0v) is 10.7. The van der Waals surface area contributed by atoms with Crippen molar-refractivity contribution < 1.29 is 13.9 Å². The van der Waals surface area contributed by atoms with E-state index in [9.17, 15) is 9.18 Å². The molecule has 0 bridgehead atoms. The van der Waals surface area contributed by atoms with Crippen LogP contribution in [0.25, 0.3) is 0 Å². The van der Waals surface area contributed by atoms with Crippen LogP contribution in [0.1, 0.15) is 11.1 Å². The highest BCUT2D eigenvalue weighted by atomic mass is 19.1. The minimum atomic E-state index is -0.452. The van der Waals surface area contributed by atoms with Gasteiger partial charge in [-0.3, -0.25) is 4.79 Å². The maximum Gasteiger partial charge on any atom is 0.234 e. The number of hydrogen-bond donors (Lipinski definition) is 2. The number of carbonyl (C=O) groups is 1. The summed E-state index contributed by atoms with van der Waals surface area (Å²) in [6, 6.07) is 6.11. The number of benzene rings is 1. The van der Waals surface area contributed by atoms with Crippen molar-refractivity contribution in [3.63, 3.8) is 0 Å².